The molecule has 0 aromatic carbocycles. The number of ketones is 1. The summed E-state index contributed by atoms with van der Waals surface area (Å²) >= 11 is 0. The molecule has 0 bridgehead atoms. The number of aliphatic hydroxyl groups excluding tert-OH is 1. The van der Waals surface area contributed by atoms with Crippen LogP contribution >= 0.6 is 0 Å². The van der Waals surface area contributed by atoms with E-state index < -0.39 is 11.9 Å². The Balaban J connectivity index is 2.89. The van der Waals surface area contributed by atoms with Gasteiger partial charge in [0, 0.05) is 12.3 Å². The second-order valence-electron chi connectivity index (χ2n) is 4.30. The molecule has 0 aromatic rings. The molecule has 1 N–H and O–H groups in total. The molecular weight excluding hydrogens is 208 g/mol. The zero-order valence-corrected chi connectivity index (χ0v) is 9.73. The second-order valence-corrected chi connectivity index (χ2v) is 4.30. The van der Waals surface area contributed by atoms with Crippen LogP contribution in [-0.4, -0.2) is 24.0 Å². The lowest BCUT2D eigenvalue weighted by molar-refractivity contribution is -0.149. The third-order valence-corrected chi connectivity index (χ3v) is 3.35. The largest absolute Gasteiger partial charge is 0.512 e. The third kappa shape index (κ3) is 2.43. The topological polar surface area (TPSA) is 63.6 Å². The summed E-state index contributed by atoms with van der Waals surface area (Å²) in [5.74, 6) is -1.76. The van der Waals surface area contributed by atoms with Crippen molar-refractivity contribution in [3.63, 3.8) is 0 Å². The second kappa shape index (κ2) is 5.14. The molecule has 0 radical (unpaired) electrons. The summed E-state index contributed by atoms with van der Waals surface area (Å²) in [5, 5.41) is 9.46. The lowest BCUT2D eigenvalue weighted by atomic mass is 9.72. The van der Waals surface area contributed by atoms with Gasteiger partial charge in [-0.3, -0.25) is 9.59 Å². The molecule has 16 heavy (non-hydrogen) atoms. The number of rotatable bonds is 3. The Morgan fingerprint density at radius 2 is 2.25 bits per heavy atom. The van der Waals surface area contributed by atoms with Crippen LogP contribution < -0.4 is 0 Å². The minimum Gasteiger partial charge on any atom is -0.512 e. The van der Waals surface area contributed by atoms with E-state index in [1.807, 2.05) is 0 Å². The highest BCUT2D eigenvalue weighted by Gasteiger charge is 2.39. The van der Waals surface area contributed by atoms with Gasteiger partial charge in [0.15, 0.2) is 0 Å². The molecule has 1 saturated carbocycles. The molecule has 0 spiro atoms. The maximum Gasteiger partial charge on any atom is 0.316 e. The lowest BCUT2D eigenvalue weighted by Gasteiger charge is -2.32. The van der Waals surface area contributed by atoms with Crippen molar-refractivity contribution in [3.8, 4) is 0 Å². The summed E-state index contributed by atoms with van der Waals surface area (Å²) in [6, 6.07) is 0. The summed E-state index contributed by atoms with van der Waals surface area (Å²) in [6.07, 6.45) is 2.06. The van der Waals surface area contributed by atoms with Crippen molar-refractivity contribution in [2.24, 2.45) is 17.8 Å². The van der Waals surface area contributed by atoms with Crippen LogP contribution in [0, 0.1) is 17.8 Å². The van der Waals surface area contributed by atoms with Crippen LogP contribution in [0.5, 0.6) is 0 Å². The number of esters is 1. The van der Waals surface area contributed by atoms with Crippen LogP contribution in [-0.2, 0) is 14.3 Å². The summed E-state index contributed by atoms with van der Waals surface area (Å²) in [4.78, 5) is 23.1. The van der Waals surface area contributed by atoms with Crippen molar-refractivity contribution in [2.75, 3.05) is 7.11 Å². The molecule has 4 heteroatoms. The highest BCUT2D eigenvalue weighted by Crippen LogP contribution is 2.35. The molecule has 3 atom stereocenters. The molecule has 0 heterocycles. The van der Waals surface area contributed by atoms with Crippen LogP contribution in [0.3, 0.4) is 0 Å². The molecule has 0 amide bonds. The Kier molecular flexibility index (Phi) is 4.10. The quantitative estimate of drug-likeness (QED) is 0.589. The smallest absolute Gasteiger partial charge is 0.316 e. The minimum atomic E-state index is -0.774. The Hall–Kier alpha value is -1.32. The van der Waals surface area contributed by atoms with E-state index in [4.69, 9.17) is 0 Å². The summed E-state index contributed by atoms with van der Waals surface area (Å²) in [5.41, 5.74) is 0. The first-order chi connectivity index (χ1) is 7.49. The molecule has 4 nitrogen and oxygen atoms in total. The number of carbonyl (C=O) groups is 2. The average molecular weight is 226 g/mol. The molecule has 0 aliphatic heterocycles. The Labute approximate surface area is 95.3 Å². The summed E-state index contributed by atoms with van der Waals surface area (Å²) < 4.78 is 4.64. The van der Waals surface area contributed by atoms with E-state index in [0.29, 0.717) is 6.42 Å². The minimum absolute atomic E-state index is 0.145. The normalized spacial score (nSPS) is 27.2. The van der Waals surface area contributed by atoms with E-state index in [9.17, 15) is 14.7 Å². The fourth-order valence-corrected chi connectivity index (χ4v) is 2.37. The first kappa shape index (κ1) is 12.7. The van der Waals surface area contributed by atoms with E-state index in [1.54, 1.807) is 6.92 Å². The van der Waals surface area contributed by atoms with Crippen molar-refractivity contribution >= 4 is 11.8 Å². The van der Waals surface area contributed by atoms with Crippen molar-refractivity contribution in [3.05, 3.63) is 12.3 Å². The van der Waals surface area contributed by atoms with Crippen LogP contribution in [0.15, 0.2) is 12.3 Å². The van der Waals surface area contributed by atoms with Gasteiger partial charge < -0.3 is 9.84 Å². The predicted octanol–water partition coefficient (Wildman–Crippen LogP) is 1.85. The summed E-state index contributed by atoms with van der Waals surface area (Å²) in [7, 11) is 1.27. The Morgan fingerprint density at radius 1 is 1.62 bits per heavy atom. The van der Waals surface area contributed by atoms with Crippen LogP contribution in [0.25, 0.3) is 0 Å². The van der Waals surface area contributed by atoms with Gasteiger partial charge in [-0.05, 0) is 18.8 Å². The maximum absolute atomic E-state index is 11.6. The molecule has 0 saturated heterocycles. The zero-order chi connectivity index (χ0) is 12.3. The van der Waals surface area contributed by atoms with Crippen molar-refractivity contribution < 1.29 is 19.4 Å². The zero-order valence-electron chi connectivity index (χ0n) is 9.73. The predicted molar refractivity (Wildman–Crippen MR) is 58.8 cm³/mol. The number of Topliss-reactive ketones (excluding diaryl/α,β-unsaturated/α-hetero) is 1. The third-order valence-electron chi connectivity index (χ3n) is 3.35. The van der Waals surface area contributed by atoms with Crippen LogP contribution in [0.1, 0.15) is 26.2 Å². The molecule has 1 aliphatic carbocycles. The monoisotopic (exact) mass is 226 g/mol. The number of hydrogen-bond acceptors (Lipinski definition) is 4. The molecule has 1 fully saturated rings. The highest BCUT2D eigenvalue weighted by molar-refractivity contribution is 5.83. The maximum atomic E-state index is 11.6. The van der Waals surface area contributed by atoms with E-state index >= 15 is 0 Å². The molecule has 90 valence electrons. The number of carbonyl (C=O) groups excluding carboxylic acids is 2. The lowest BCUT2D eigenvalue weighted by Crippen LogP contribution is -2.36. The van der Waals surface area contributed by atoms with E-state index in [2.05, 4.69) is 11.3 Å². The van der Waals surface area contributed by atoms with Gasteiger partial charge in [0.1, 0.15) is 11.7 Å². The Morgan fingerprint density at radius 3 is 2.75 bits per heavy atom. The highest BCUT2D eigenvalue weighted by atomic mass is 16.5. The van der Waals surface area contributed by atoms with Gasteiger partial charge in [0.05, 0.1) is 12.9 Å². The molecule has 3 unspecified atom stereocenters. The van der Waals surface area contributed by atoms with Crippen LogP contribution in [0.4, 0.5) is 0 Å². The Bertz CT molecular complexity index is 308. The number of ether oxygens (including phenoxy) is 1. The van der Waals surface area contributed by atoms with Crippen molar-refractivity contribution in [1.29, 1.82) is 0 Å². The molecule has 1 aliphatic rings. The van der Waals surface area contributed by atoms with Crippen LogP contribution in [0.2, 0.25) is 0 Å². The number of methoxy groups -OCH3 is 1. The molecular formula is C12H18O4. The van der Waals surface area contributed by atoms with E-state index in [0.717, 1.165) is 12.8 Å². The number of aliphatic hydroxyl groups is 1. The van der Waals surface area contributed by atoms with Crippen molar-refractivity contribution in [1.82, 2.24) is 0 Å². The summed E-state index contributed by atoms with van der Waals surface area (Å²) in [6.45, 7) is 5.20. The number of hydrogen-bond donors (Lipinski definition) is 1. The van der Waals surface area contributed by atoms with Gasteiger partial charge in [-0.15, -0.1) is 0 Å². The molecule has 1 rings (SSSR count). The van der Waals surface area contributed by atoms with E-state index in [-0.39, 0.29) is 23.4 Å². The van der Waals surface area contributed by atoms with Gasteiger partial charge in [-0.25, -0.2) is 0 Å². The van der Waals surface area contributed by atoms with Gasteiger partial charge in [0.2, 0.25) is 0 Å². The van der Waals surface area contributed by atoms with Crippen molar-refractivity contribution in [2.45, 2.75) is 26.2 Å². The van der Waals surface area contributed by atoms with Gasteiger partial charge in [0.25, 0.3) is 0 Å². The van der Waals surface area contributed by atoms with E-state index in [1.165, 1.54) is 7.11 Å². The van der Waals surface area contributed by atoms with Gasteiger partial charge in [-0.1, -0.05) is 13.5 Å². The first-order valence-corrected chi connectivity index (χ1v) is 5.47. The standard InChI is InChI=1S/C12H18O4/c1-7-9(5-4-6-10(7)14)11(8(2)13)12(15)16-3/h7,9,11,13H,2,4-6H2,1,3H3. The molecule has 0 aromatic heterocycles. The first-order valence-electron chi connectivity index (χ1n) is 5.47. The fraction of sp³-hybridized carbons (Fsp3) is 0.667. The fourth-order valence-electron chi connectivity index (χ4n) is 2.37. The SMILES string of the molecule is C=C(O)C(C(=O)OC)C1CCCC(=O)C1C. The average Bonchev–Trinajstić information content (AvgIpc) is 2.24. The van der Waals surface area contributed by atoms with Gasteiger partial charge >= 0.3 is 5.97 Å². The van der Waals surface area contributed by atoms with Gasteiger partial charge in [-0.2, -0.15) is 0 Å².